The second-order valence-electron chi connectivity index (χ2n) is 5.35. The van der Waals surface area contributed by atoms with Gasteiger partial charge in [-0.15, -0.1) is 0 Å². The summed E-state index contributed by atoms with van der Waals surface area (Å²) in [5.41, 5.74) is 3.81. The molecule has 108 valence electrons. The summed E-state index contributed by atoms with van der Waals surface area (Å²) in [5, 5.41) is 3.61. The van der Waals surface area contributed by atoms with Crippen LogP contribution in [0.1, 0.15) is 49.6 Å². The van der Waals surface area contributed by atoms with E-state index in [4.69, 9.17) is 0 Å². The second-order valence-corrected chi connectivity index (χ2v) is 5.35. The predicted octanol–water partition coefficient (Wildman–Crippen LogP) is 3.46. The third kappa shape index (κ3) is 3.70. The highest BCUT2D eigenvalue weighted by Gasteiger charge is 2.15. The molecule has 0 amide bonds. The van der Waals surface area contributed by atoms with Crippen molar-refractivity contribution >= 4 is 0 Å². The molecule has 0 saturated heterocycles. The third-order valence-electron chi connectivity index (χ3n) is 3.44. The summed E-state index contributed by atoms with van der Waals surface area (Å²) in [7, 11) is 2.01. The highest BCUT2D eigenvalue weighted by Crippen LogP contribution is 2.22. The van der Waals surface area contributed by atoms with Crippen LogP contribution in [0.15, 0.2) is 36.8 Å². The molecule has 0 bridgehead atoms. The summed E-state index contributed by atoms with van der Waals surface area (Å²) in [6.45, 7) is 5.41. The Morgan fingerprint density at radius 2 is 2.10 bits per heavy atom. The largest absolute Gasteiger partial charge is 0.340 e. The average Bonchev–Trinajstić information content (AvgIpc) is 2.87. The number of nitrogens with zero attached hydrogens (tertiary/aromatic N) is 2. The summed E-state index contributed by atoms with van der Waals surface area (Å²) >= 11 is 0. The van der Waals surface area contributed by atoms with Crippen LogP contribution in [-0.2, 0) is 13.5 Å². The quantitative estimate of drug-likeness (QED) is 0.835. The fourth-order valence-corrected chi connectivity index (χ4v) is 2.48. The van der Waals surface area contributed by atoms with Gasteiger partial charge >= 0.3 is 0 Å². The fraction of sp³-hybridized carbons (Fsp3) is 0.471. The maximum absolute atomic E-state index is 4.52. The number of benzene rings is 1. The maximum atomic E-state index is 4.52. The Bertz CT molecular complexity index is 531. The van der Waals surface area contributed by atoms with Crippen molar-refractivity contribution in [2.75, 3.05) is 6.54 Å². The molecule has 1 atom stereocenters. The first-order chi connectivity index (χ1) is 9.74. The molecule has 2 rings (SSSR count). The monoisotopic (exact) mass is 271 g/mol. The molecule has 20 heavy (non-hydrogen) atoms. The van der Waals surface area contributed by atoms with Gasteiger partial charge in [0.15, 0.2) is 0 Å². The minimum atomic E-state index is 0.188. The molecule has 1 N–H and O–H groups in total. The van der Waals surface area contributed by atoms with Gasteiger partial charge in [0, 0.05) is 13.2 Å². The second kappa shape index (κ2) is 7.25. The molecule has 1 aromatic carbocycles. The van der Waals surface area contributed by atoms with Gasteiger partial charge < -0.3 is 9.88 Å². The molecule has 2 aromatic rings. The molecule has 0 saturated carbocycles. The van der Waals surface area contributed by atoms with E-state index in [0.29, 0.717) is 0 Å². The van der Waals surface area contributed by atoms with E-state index in [-0.39, 0.29) is 6.04 Å². The van der Waals surface area contributed by atoms with Gasteiger partial charge in [-0.1, -0.05) is 44.5 Å². The summed E-state index contributed by atoms with van der Waals surface area (Å²) in [6, 6.07) is 9.06. The van der Waals surface area contributed by atoms with Crippen LogP contribution in [-0.4, -0.2) is 16.1 Å². The minimum absolute atomic E-state index is 0.188. The van der Waals surface area contributed by atoms with Crippen molar-refractivity contribution in [2.24, 2.45) is 7.05 Å². The van der Waals surface area contributed by atoms with Crippen molar-refractivity contribution in [3.05, 3.63) is 53.6 Å². The lowest BCUT2D eigenvalue weighted by molar-refractivity contribution is 0.587. The molecule has 1 heterocycles. The number of imidazole rings is 1. The zero-order valence-corrected chi connectivity index (χ0v) is 12.8. The molecule has 1 unspecified atom stereocenters. The molecular formula is C17H25N3. The van der Waals surface area contributed by atoms with E-state index in [1.165, 1.54) is 17.5 Å². The summed E-state index contributed by atoms with van der Waals surface area (Å²) in [5.74, 6) is 0. The van der Waals surface area contributed by atoms with Crippen molar-refractivity contribution < 1.29 is 0 Å². The molecular weight excluding hydrogens is 246 g/mol. The lowest BCUT2D eigenvalue weighted by Crippen LogP contribution is -2.23. The van der Waals surface area contributed by atoms with E-state index in [9.17, 15) is 0 Å². The van der Waals surface area contributed by atoms with Gasteiger partial charge in [-0.25, -0.2) is 4.98 Å². The highest BCUT2D eigenvalue weighted by molar-refractivity contribution is 5.31. The smallest absolute Gasteiger partial charge is 0.0947 e. The van der Waals surface area contributed by atoms with Crippen LogP contribution in [0.2, 0.25) is 0 Å². The maximum Gasteiger partial charge on any atom is 0.0947 e. The Labute approximate surface area is 122 Å². The summed E-state index contributed by atoms with van der Waals surface area (Å²) < 4.78 is 2.01. The van der Waals surface area contributed by atoms with Gasteiger partial charge in [0.05, 0.1) is 18.1 Å². The molecule has 3 nitrogen and oxygen atoms in total. The first kappa shape index (κ1) is 14.8. The van der Waals surface area contributed by atoms with Crippen LogP contribution < -0.4 is 5.32 Å². The third-order valence-corrected chi connectivity index (χ3v) is 3.44. The minimum Gasteiger partial charge on any atom is -0.340 e. The van der Waals surface area contributed by atoms with Crippen LogP contribution in [0.3, 0.4) is 0 Å². The van der Waals surface area contributed by atoms with E-state index in [1.54, 1.807) is 0 Å². The SMILES string of the molecule is CCCNC(c1cccc(CCC)c1)c1cn(C)cn1. The van der Waals surface area contributed by atoms with Gasteiger partial charge in [0.2, 0.25) is 0 Å². The lowest BCUT2D eigenvalue weighted by Gasteiger charge is -2.18. The van der Waals surface area contributed by atoms with E-state index < -0.39 is 0 Å². The normalized spacial score (nSPS) is 12.6. The molecule has 0 aliphatic heterocycles. The average molecular weight is 271 g/mol. The van der Waals surface area contributed by atoms with Crippen LogP contribution in [0.5, 0.6) is 0 Å². The molecule has 0 fully saturated rings. The van der Waals surface area contributed by atoms with Crippen LogP contribution in [0.25, 0.3) is 0 Å². The van der Waals surface area contributed by atoms with E-state index >= 15 is 0 Å². The number of aryl methyl sites for hydroxylation is 2. The lowest BCUT2D eigenvalue weighted by atomic mass is 9.99. The fourth-order valence-electron chi connectivity index (χ4n) is 2.48. The van der Waals surface area contributed by atoms with Crippen molar-refractivity contribution in [3.8, 4) is 0 Å². The van der Waals surface area contributed by atoms with Crippen LogP contribution in [0, 0.1) is 0 Å². The zero-order valence-electron chi connectivity index (χ0n) is 12.8. The summed E-state index contributed by atoms with van der Waals surface area (Å²) in [4.78, 5) is 4.52. The Morgan fingerprint density at radius 3 is 2.75 bits per heavy atom. The first-order valence-corrected chi connectivity index (χ1v) is 7.54. The number of aromatic nitrogens is 2. The Hall–Kier alpha value is -1.61. The van der Waals surface area contributed by atoms with Gasteiger partial charge in [-0.05, 0) is 30.5 Å². The molecule has 3 heteroatoms. The topological polar surface area (TPSA) is 29.9 Å². The van der Waals surface area contributed by atoms with Crippen LogP contribution >= 0.6 is 0 Å². The van der Waals surface area contributed by atoms with Gasteiger partial charge in [-0.3, -0.25) is 0 Å². The van der Waals surface area contributed by atoms with Gasteiger partial charge in [0.25, 0.3) is 0 Å². The Morgan fingerprint density at radius 1 is 1.25 bits per heavy atom. The number of hydrogen-bond donors (Lipinski definition) is 1. The van der Waals surface area contributed by atoms with Crippen molar-refractivity contribution in [1.82, 2.24) is 14.9 Å². The predicted molar refractivity (Wildman–Crippen MR) is 83.8 cm³/mol. The van der Waals surface area contributed by atoms with E-state index in [1.807, 2.05) is 17.9 Å². The van der Waals surface area contributed by atoms with Gasteiger partial charge in [-0.2, -0.15) is 0 Å². The molecule has 1 aromatic heterocycles. The first-order valence-electron chi connectivity index (χ1n) is 7.54. The van der Waals surface area contributed by atoms with Crippen molar-refractivity contribution in [1.29, 1.82) is 0 Å². The Balaban J connectivity index is 2.28. The van der Waals surface area contributed by atoms with Crippen LogP contribution in [0.4, 0.5) is 0 Å². The number of nitrogens with one attached hydrogen (secondary N) is 1. The summed E-state index contributed by atoms with van der Waals surface area (Å²) in [6.07, 6.45) is 7.40. The molecule has 0 aliphatic rings. The van der Waals surface area contributed by atoms with Crippen molar-refractivity contribution in [2.45, 2.75) is 39.2 Å². The number of hydrogen-bond acceptors (Lipinski definition) is 2. The highest BCUT2D eigenvalue weighted by atomic mass is 15.0. The number of rotatable bonds is 7. The van der Waals surface area contributed by atoms with E-state index in [2.05, 4.69) is 54.6 Å². The molecule has 0 radical (unpaired) electrons. The zero-order chi connectivity index (χ0) is 14.4. The standard InChI is InChI=1S/C17H25N3/c1-4-7-14-8-6-9-15(11-14)17(18-10-5-2)16-12-20(3)13-19-16/h6,8-9,11-13,17-18H,4-5,7,10H2,1-3H3. The Kier molecular flexibility index (Phi) is 5.36. The van der Waals surface area contributed by atoms with Gasteiger partial charge in [0.1, 0.15) is 0 Å². The van der Waals surface area contributed by atoms with Crippen molar-refractivity contribution in [3.63, 3.8) is 0 Å². The molecule has 0 aliphatic carbocycles. The van der Waals surface area contributed by atoms with E-state index in [0.717, 1.165) is 25.1 Å². The molecule has 0 spiro atoms.